The van der Waals surface area contributed by atoms with Gasteiger partial charge in [-0.3, -0.25) is 4.79 Å². The number of hydrogen-bond donors (Lipinski definition) is 0. The van der Waals surface area contributed by atoms with Crippen LogP contribution in [0.15, 0.2) is 0 Å². The van der Waals surface area contributed by atoms with Crippen molar-refractivity contribution in [3.63, 3.8) is 0 Å². The van der Waals surface area contributed by atoms with Crippen molar-refractivity contribution < 1.29 is 9.28 Å². The van der Waals surface area contributed by atoms with Gasteiger partial charge in [-0.15, -0.1) is 0 Å². The quantitative estimate of drug-likeness (QED) is 0.447. The summed E-state index contributed by atoms with van der Waals surface area (Å²) in [5, 5.41) is 0.315. The van der Waals surface area contributed by atoms with E-state index in [4.69, 9.17) is 0 Å². The van der Waals surface area contributed by atoms with Gasteiger partial charge in [0.15, 0.2) is 0 Å². The van der Waals surface area contributed by atoms with Gasteiger partial charge in [0.25, 0.3) is 0 Å². The minimum Gasteiger partial charge on any atom is -0.272 e. The van der Waals surface area contributed by atoms with E-state index in [0.29, 0.717) is 5.12 Å². The average molecular weight is 161 g/mol. The van der Waals surface area contributed by atoms with Crippen LogP contribution >= 0.6 is 0 Å². The van der Waals surface area contributed by atoms with E-state index in [2.05, 4.69) is 0 Å². The fraction of sp³-hybridized carbons (Fsp3) is 0.875. The molecule has 0 aliphatic rings. The molecule has 0 aromatic carbocycles. The third-order valence-electron chi connectivity index (χ3n) is 1.53. The molecular weight excluding hydrogens is 145 g/mol. The number of hydrogen-bond acceptors (Lipinski definition) is 1. The van der Waals surface area contributed by atoms with Gasteiger partial charge in [-0.05, 0) is 6.42 Å². The van der Waals surface area contributed by atoms with Crippen molar-refractivity contribution in [2.45, 2.75) is 39.5 Å². The van der Waals surface area contributed by atoms with Gasteiger partial charge in [-0.2, -0.15) is 5.12 Å². The maximum atomic E-state index is 12.6. The Labute approximate surface area is 67.3 Å². The highest BCUT2D eigenvalue weighted by molar-refractivity contribution is 5.74. The third kappa shape index (κ3) is 4.76. The van der Waals surface area contributed by atoms with Gasteiger partial charge in [0.05, 0.1) is 6.54 Å². The predicted molar refractivity (Wildman–Crippen MR) is 42.6 cm³/mol. The molecule has 0 aliphatic carbocycles. The maximum Gasteiger partial charge on any atom is 0.249 e. The second-order valence-corrected chi connectivity index (χ2v) is 2.54. The van der Waals surface area contributed by atoms with Crippen molar-refractivity contribution in [1.29, 1.82) is 0 Å². The summed E-state index contributed by atoms with van der Waals surface area (Å²) < 4.78 is 12.6. The summed E-state index contributed by atoms with van der Waals surface area (Å²) in [7, 11) is 0. The Kier molecular flexibility index (Phi) is 5.80. The summed E-state index contributed by atoms with van der Waals surface area (Å²) in [6, 6.07) is 0. The lowest BCUT2D eigenvalue weighted by atomic mass is 10.2. The molecule has 0 aliphatic heterocycles. The zero-order valence-electron chi connectivity index (χ0n) is 7.27. The Morgan fingerprint density at radius 2 is 2.00 bits per heavy atom. The van der Waals surface area contributed by atoms with Crippen LogP contribution in [0.4, 0.5) is 4.48 Å². The molecule has 0 saturated carbocycles. The van der Waals surface area contributed by atoms with Crippen LogP contribution in [0.3, 0.4) is 0 Å². The number of unbranched alkanes of at least 4 members (excludes halogenated alkanes) is 2. The van der Waals surface area contributed by atoms with Crippen molar-refractivity contribution in [2.24, 2.45) is 0 Å². The molecule has 0 rings (SSSR count). The molecule has 0 bridgehead atoms. The van der Waals surface area contributed by atoms with E-state index in [1.54, 1.807) is 6.92 Å². The van der Waals surface area contributed by atoms with Gasteiger partial charge >= 0.3 is 0 Å². The van der Waals surface area contributed by atoms with E-state index >= 15 is 0 Å². The molecule has 1 amide bonds. The van der Waals surface area contributed by atoms with Crippen LogP contribution in [0, 0.1) is 0 Å². The summed E-state index contributed by atoms with van der Waals surface area (Å²) in [5.74, 6) is -0.416. The lowest BCUT2D eigenvalue weighted by Gasteiger charge is -2.09. The van der Waals surface area contributed by atoms with Crippen molar-refractivity contribution in [1.82, 2.24) is 5.12 Å². The molecule has 0 spiro atoms. The van der Waals surface area contributed by atoms with Crippen LogP contribution in [-0.4, -0.2) is 17.6 Å². The number of carbonyl (C=O) groups excluding carboxylic acids is 1. The number of nitrogens with zero attached hydrogens (tertiary/aromatic N) is 1. The molecule has 2 nitrogen and oxygen atoms in total. The molecule has 0 radical (unpaired) electrons. The van der Waals surface area contributed by atoms with Gasteiger partial charge < -0.3 is 0 Å². The van der Waals surface area contributed by atoms with Crippen molar-refractivity contribution in [3.05, 3.63) is 0 Å². The first-order chi connectivity index (χ1) is 5.22. The first-order valence-corrected chi connectivity index (χ1v) is 4.18. The van der Waals surface area contributed by atoms with Crippen LogP contribution in [0.2, 0.25) is 0 Å². The summed E-state index contributed by atoms with van der Waals surface area (Å²) in [6.07, 6.45) is 3.05. The summed E-state index contributed by atoms with van der Waals surface area (Å²) >= 11 is 0. The Hall–Kier alpha value is -0.600. The zero-order valence-corrected chi connectivity index (χ0v) is 7.27. The highest BCUT2D eigenvalue weighted by Crippen LogP contribution is 2.00. The third-order valence-corrected chi connectivity index (χ3v) is 1.53. The molecule has 11 heavy (non-hydrogen) atoms. The van der Waals surface area contributed by atoms with Gasteiger partial charge in [0.1, 0.15) is 0 Å². The molecule has 0 heterocycles. The molecular formula is C8H16FNO. The van der Waals surface area contributed by atoms with Crippen LogP contribution in [-0.2, 0) is 4.79 Å². The minimum atomic E-state index is -0.416. The average Bonchev–Trinajstić information content (AvgIpc) is 2.03. The van der Waals surface area contributed by atoms with E-state index in [-0.39, 0.29) is 13.0 Å². The first kappa shape index (κ1) is 10.4. The van der Waals surface area contributed by atoms with E-state index < -0.39 is 5.91 Å². The maximum absolute atomic E-state index is 12.6. The lowest BCUT2D eigenvalue weighted by molar-refractivity contribution is -0.146. The largest absolute Gasteiger partial charge is 0.272 e. The Bertz CT molecular complexity index is 117. The fourth-order valence-corrected chi connectivity index (χ4v) is 0.797. The van der Waals surface area contributed by atoms with E-state index in [1.807, 2.05) is 6.92 Å². The minimum absolute atomic E-state index is 0.251. The van der Waals surface area contributed by atoms with E-state index in [0.717, 1.165) is 19.3 Å². The van der Waals surface area contributed by atoms with Crippen LogP contribution < -0.4 is 0 Å². The smallest absolute Gasteiger partial charge is 0.249 e. The molecule has 0 aromatic rings. The first-order valence-electron chi connectivity index (χ1n) is 4.18. The van der Waals surface area contributed by atoms with Crippen LogP contribution in [0.25, 0.3) is 0 Å². The Morgan fingerprint density at radius 1 is 1.36 bits per heavy atom. The molecule has 0 aromatic heterocycles. The highest BCUT2D eigenvalue weighted by atomic mass is 19.2. The molecule has 0 fully saturated rings. The van der Waals surface area contributed by atoms with Gasteiger partial charge in [-0.1, -0.05) is 31.2 Å². The van der Waals surface area contributed by atoms with Gasteiger partial charge in [0, 0.05) is 6.42 Å². The molecule has 66 valence electrons. The topological polar surface area (TPSA) is 20.3 Å². The summed E-state index contributed by atoms with van der Waals surface area (Å²) in [5.41, 5.74) is 0. The van der Waals surface area contributed by atoms with Gasteiger partial charge in [0.2, 0.25) is 5.91 Å². The molecule has 0 unspecified atom stereocenters. The highest BCUT2D eigenvalue weighted by Gasteiger charge is 2.07. The summed E-state index contributed by atoms with van der Waals surface area (Å²) in [6.45, 7) is 3.96. The van der Waals surface area contributed by atoms with E-state index in [9.17, 15) is 9.28 Å². The Morgan fingerprint density at radius 3 is 2.45 bits per heavy atom. The van der Waals surface area contributed by atoms with Crippen molar-refractivity contribution in [3.8, 4) is 0 Å². The van der Waals surface area contributed by atoms with Crippen molar-refractivity contribution in [2.75, 3.05) is 6.54 Å². The second kappa shape index (κ2) is 6.13. The number of carbonyl (C=O) groups is 1. The van der Waals surface area contributed by atoms with E-state index in [1.165, 1.54) is 0 Å². The van der Waals surface area contributed by atoms with Crippen LogP contribution in [0.5, 0.6) is 0 Å². The molecule has 3 heteroatoms. The number of amides is 1. The molecule has 0 N–H and O–H groups in total. The van der Waals surface area contributed by atoms with Gasteiger partial charge in [-0.25, -0.2) is 0 Å². The van der Waals surface area contributed by atoms with Crippen LogP contribution in [0.1, 0.15) is 39.5 Å². The predicted octanol–water partition coefficient (Wildman–Crippen LogP) is 2.30. The normalized spacial score (nSPS) is 9.73. The number of halogens is 1. The summed E-state index contributed by atoms with van der Waals surface area (Å²) in [4.78, 5) is 10.7. The zero-order chi connectivity index (χ0) is 8.69. The Balaban J connectivity index is 3.36. The standard InChI is InChI=1S/C8H16FNO/c1-3-5-6-7-10(9)8(11)4-2/h3-7H2,1-2H3. The fourth-order valence-electron chi connectivity index (χ4n) is 0.797. The number of rotatable bonds is 5. The second-order valence-electron chi connectivity index (χ2n) is 2.54. The molecule has 0 saturated heterocycles. The van der Waals surface area contributed by atoms with Crippen molar-refractivity contribution >= 4 is 5.91 Å². The lowest BCUT2D eigenvalue weighted by Crippen LogP contribution is -2.22. The molecule has 0 atom stereocenters. The monoisotopic (exact) mass is 161 g/mol. The SMILES string of the molecule is CCCCCN(F)C(=O)CC.